The second kappa shape index (κ2) is 3.51. The lowest BCUT2D eigenvalue weighted by molar-refractivity contribution is -0.148. The number of hydrogen-bond donors (Lipinski definition) is 2. The third-order valence-electron chi connectivity index (χ3n) is 2.95. The molecular formula is C11H11ClO3. The van der Waals surface area contributed by atoms with Crippen molar-refractivity contribution >= 4 is 17.6 Å². The molecule has 0 radical (unpaired) electrons. The SMILES string of the molecule is O=C(O)C(O)C1(c2cccc(Cl)c2)CC1. The van der Waals surface area contributed by atoms with Crippen LogP contribution >= 0.6 is 11.6 Å². The molecule has 0 aliphatic heterocycles. The van der Waals surface area contributed by atoms with Gasteiger partial charge in [0.15, 0.2) is 6.10 Å². The van der Waals surface area contributed by atoms with Gasteiger partial charge >= 0.3 is 5.97 Å². The van der Waals surface area contributed by atoms with Crippen LogP contribution < -0.4 is 0 Å². The molecule has 0 bridgehead atoms. The summed E-state index contributed by atoms with van der Waals surface area (Å²) in [6, 6.07) is 7.03. The number of halogens is 1. The summed E-state index contributed by atoms with van der Waals surface area (Å²) in [6.45, 7) is 0. The minimum atomic E-state index is -1.34. The van der Waals surface area contributed by atoms with Crippen molar-refractivity contribution in [1.29, 1.82) is 0 Å². The average molecular weight is 227 g/mol. The van der Waals surface area contributed by atoms with E-state index < -0.39 is 17.5 Å². The fourth-order valence-corrected chi connectivity index (χ4v) is 2.08. The lowest BCUT2D eigenvalue weighted by Gasteiger charge is -2.19. The van der Waals surface area contributed by atoms with Crippen LogP contribution in [-0.4, -0.2) is 22.3 Å². The molecule has 0 spiro atoms. The van der Waals surface area contributed by atoms with Gasteiger partial charge in [-0.1, -0.05) is 23.7 Å². The monoisotopic (exact) mass is 226 g/mol. The van der Waals surface area contributed by atoms with Crippen molar-refractivity contribution in [3.05, 3.63) is 34.9 Å². The maximum atomic E-state index is 10.8. The van der Waals surface area contributed by atoms with Gasteiger partial charge in [-0.2, -0.15) is 0 Å². The maximum absolute atomic E-state index is 10.8. The molecule has 1 saturated carbocycles. The summed E-state index contributed by atoms with van der Waals surface area (Å²) in [6.07, 6.45) is 0.0534. The number of carboxylic acids is 1. The highest BCUT2D eigenvalue weighted by Gasteiger charge is 2.53. The Bertz CT molecular complexity index is 399. The predicted molar refractivity (Wildman–Crippen MR) is 56.0 cm³/mol. The van der Waals surface area contributed by atoms with E-state index in [0.717, 1.165) is 5.56 Å². The van der Waals surface area contributed by atoms with Crippen LogP contribution in [0.4, 0.5) is 0 Å². The van der Waals surface area contributed by atoms with Gasteiger partial charge in [-0.15, -0.1) is 0 Å². The Morgan fingerprint density at radius 2 is 2.13 bits per heavy atom. The van der Waals surface area contributed by atoms with Crippen LogP contribution in [0.1, 0.15) is 18.4 Å². The van der Waals surface area contributed by atoms with Crippen molar-refractivity contribution in [2.24, 2.45) is 0 Å². The number of rotatable bonds is 3. The minimum Gasteiger partial charge on any atom is -0.479 e. The molecule has 0 saturated heterocycles. The van der Waals surface area contributed by atoms with Crippen molar-refractivity contribution in [2.45, 2.75) is 24.4 Å². The molecule has 1 aliphatic carbocycles. The molecule has 0 heterocycles. The molecule has 0 amide bonds. The first kappa shape index (κ1) is 10.5. The molecule has 2 N–H and O–H groups in total. The number of aliphatic hydroxyl groups is 1. The fraction of sp³-hybridized carbons (Fsp3) is 0.364. The Morgan fingerprint density at radius 1 is 1.47 bits per heavy atom. The zero-order valence-corrected chi connectivity index (χ0v) is 8.74. The second-order valence-corrected chi connectivity index (χ2v) is 4.34. The Kier molecular flexibility index (Phi) is 2.44. The molecule has 3 nitrogen and oxygen atoms in total. The van der Waals surface area contributed by atoms with E-state index in [1.807, 2.05) is 6.07 Å². The van der Waals surface area contributed by atoms with Crippen molar-refractivity contribution < 1.29 is 15.0 Å². The summed E-state index contributed by atoms with van der Waals surface area (Å²) < 4.78 is 0. The number of hydrogen-bond acceptors (Lipinski definition) is 2. The fourth-order valence-electron chi connectivity index (χ4n) is 1.89. The van der Waals surface area contributed by atoms with Gasteiger partial charge in [0.2, 0.25) is 0 Å². The Morgan fingerprint density at radius 3 is 2.60 bits per heavy atom. The van der Waals surface area contributed by atoms with Crippen LogP contribution in [-0.2, 0) is 10.2 Å². The topological polar surface area (TPSA) is 57.5 Å². The molecular weight excluding hydrogens is 216 g/mol. The zero-order valence-electron chi connectivity index (χ0n) is 7.98. The van der Waals surface area contributed by atoms with Crippen LogP contribution in [0, 0.1) is 0 Å². The molecule has 1 fully saturated rings. The van der Waals surface area contributed by atoms with Crippen molar-refractivity contribution in [3.63, 3.8) is 0 Å². The van der Waals surface area contributed by atoms with Gasteiger partial charge in [-0.25, -0.2) is 4.79 Å². The number of carboxylic acid groups (broad SMARTS) is 1. The summed E-state index contributed by atoms with van der Waals surface area (Å²) in [4.78, 5) is 10.8. The summed E-state index contributed by atoms with van der Waals surface area (Å²) in [5, 5.41) is 19.0. The van der Waals surface area contributed by atoms with Crippen LogP contribution in [0.25, 0.3) is 0 Å². The van der Waals surface area contributed by atoms with Crippen LogP contribution in [0.15, 0.2) is 24.3 Å². The number of aliphatic hydroxyl groups excluding tert-OH is 1. The standard InChI is InChI=1S/C11H11ClO3/c12-8-3-1-2-7(6-8)11(4-5-11)9(13)10(14)15/h1-3,6,9,13H,4-5H2,(H,14,15). The summed E-state index contributed by atoms with van der Waals surface area (Å²) in [5.41, 5.74) is 0.196. The van der Waals surface area contributed by atoms with Crippen LogP contribution in [0.2, 0.25) is 5.02 Å². The molecule has 1 unspecified atom stereocenters. The lowest BCUT2D eigenvalue weighted by Crippen LogP contribution is -2.33. The summed E-state index contributed by atoms with van der Waals surface area (Å²) >= 11 is 5.83. The van der Waals surface area contributed by atoms with E-state index in [1.54, 1.807) is 18.2 Å². The van der Waals surface area contributed by atoms with E-state index in [-0.39, 0.29) is 0 Å². The third kappa shape index (κ3) is 1.73. The molecule has 1 aliphatic rings. The summed E-state index contributed by atoms with van der Waals surface area (Å²) in [7, 11) is 0. The van der Waals surface area contributed by atoms with Gasteiger partial charge in [0.05, 0.1) is 0 Å². The predicted octanol–water partition coefficient (Wildman–Crippen LogP) is 1.82. The lowest BCUT2D eigenvalue weighted by atomic mass is 9.90. The smallest absolute Gasteiger partial charge is 0.333 e. The Hall–Kier alpha value is -1.06. The van der Waals surface area contributed by atoms with E-state index in [1.165, 1.54) is 0 Å². The number of carbonyl (C=O) groups is 1. The molecule has 1 atom stereocenters. The molecule has 15 heavy (non-hydrogen) atoms. The minimum absolute atomic E-state index is 0.566. The number of aliphatic carboxylic acids is 1. The normalized spacial score (nSPS) is 19.6. The van der Waals surface area contributed by atoms with E-state index in [0.29, 0.717) is 17.9 Å². The molecule has 4 heteroatoms. The largest absolute Gasteiger partial charge is 0.479 e. The van der Waals surface area contributed by atoms with E-state index >= 15 is 0 Å². The van der Waals surface area contributed by atoms with Gasteiger partial charge < -0.3 is 10.2 Å². The number of benzene rings is 1. The highest BCUT2D eigenvalue weighted by atomic mass is 35.5. The maximum Gasteiger partial charge on any atom is 0.333 e. The van der Waals surface area contributed by atoms with E-state index in [2.05, 4.69) is 0 Å². The van der Waals surface area contributed by atoms with Gasteiger partial charge in [-0.05, 0) is 30.5 Å². The van der Waals surface area contributed by atoms with Gasteiger partial charge in [-0.3, -0.25) is 0 Å². The second-order valence-electron chi connectivity index (χ2n) is 3.91. The van der Waals surface area contributed by atoms with Crippen LogP contribution in [0.5, 0.6) is 0 Å². The molecule has 1 aromatic rings. The highest BCUT2D eigenvalue weighted by Crippen LogP contribution is 2.51. The first-order valence-electron chi connectivity index (χ1n) is 4.73. The Balaban J connectivity index is 2.34. The van der Waals surface area contributed by atoms with Gasteiger partial charge in [0.25, 0.3) is 0 Å². The van der Waals surface area contributed by atoms with Gasteiger partial charge in [0.1, 0.15) is 0 Å². The molecule has 1 aromatic carbocycles. The first-order valence-corrected chi connectivity index (χ1v) is 5.11. The van der Waals surface area contributed by atoms with Crippen molar-refractivity contribution in [2.75, 3.05) is 0 Å². The Labute approximate surface area is 92.3 Å². The van der Waals surface area contributed by atoms with E-state index in [9.17, 15) is 9.90 Å². The van der Waals surface area contributed by atoms with Crippen LogP contribution in [0.3, 0.4) is 0 Å². The quantitative estimate of drug-likeness (QED) is 0.827. The first-order chi connectivity index (χ1) is 7.06. The average Bonchev–Trinajstić information content (AvgIpc) is 2.97. The third-order valence-corrected chi connectivity index (χ3v) is 3.18. The molecule has 0 aromatic heterocycles. The molecule has 80 valence electrons. The summed E-state index contributed by atoms with van der Waals surface area (Å²) in [5.74, 6) is -1.17. The van der Waals surface area contributed by atoms with Crippen molar-refractivity contribution in [3.8, 4) is 0 Å². The molecule has 2 rings (SSSR count). The van der Waals surface area contributed by atoms with E-state index in [4.69, 9.17) is 16.7 Å². The highest BCUT2D eigenvalue weighted by molar-refractivity contribution is 6.30. The van der Waals surface area contributed by atoms with Gasteiger partial charge in [0, 0.05) is 10.4 Å². The zero-order chi connectivity index (χ0) is 11.1. The van der Waals surface area contributed by atoms with Crippen molar-refractivity contribution in [1.82, 2.24) is 0 Å².